The van der Waals surface area contributed by atoms with Crippen molar-refractivity contribution in [3.05, 3.63) is 0 Å². The van der Waals surface area contributed by atoms with Crippen LogP contribution in [-0.2, 0) is 9.53 Å². The topological polar surface area (TPSA) is 38.3 Å². The molecule has 0 heterocycles. The molecule has 1 aliphatic rings. The fraction of sp³-hybridized carbons (Fsp3) is 0.917. The molecule has 0 saturated heterocycles. The Bertz CT molecular complexity index is 200. The SMILES string of the molecule is COC(C)C(=O)N[C@H](C)C1CCCCC1. The van der Waals surface area contributed by atoms with E-state index in [0.29, 0.717) is 5.92 Å². The average molecular weight is 213 g/mol. The molecule has 1 fully saturated rings. The predicted octanol–water partition coefficient (Wildman–Crippen LogP) is 2.11. The number of carbonyl (C=O) groups excluding carboxylic acids is 1. The number of methoxy groups -OCH3 is 1. The van der Waals surface area contributed by atoms with Crippen molar-refractivity contribution in [2.24, 2.45) is 5.92 Å². The van der Waals surface area contributed by atoms with Gasteiger partial charge < -0.3 is 10.1 Å². The van der Waals surface area contributed by atoms with Gasteiger partial charge in [0.1, 0.15) is 6.10 Å². The Balaban J connectivity index is 2.33. The Morgan fingerprint density at radius 3 is 2.40 bits per heavy atom. The molecule has 88 valence electrons. The molecular formula is C12H23NO2. The van der Waals surface area contributed by atoms with Gasteiger partial charge in [-0.3, -0.25) is 4.79 Å². The van der Waals surface area contributed by atoms with Gasteiger partial charge in [0, 0.05) is 13.2 Å². The zero-order chi connectivity index (χ0) is 11.3. The van der Waals surface area contributed by atoms with E-state index in [1.807, 2.05) is 0 Å². The second kappa shape index (κ2) is 6.11. The van der Waals surface area contributed by atoms with Crippen LogP contribution in [0.1, 0.15) is 46.0 Å². The van der Waals surface area contributed by atoms with E-state index in [2.05, 4.69) is 12.2 Å². The standard InChI is InChI=1S/C12H23NO2/c1-9(11-7-5-4-6-8-11)13-12(14)10(2)15-3/h9-11H,4-8H2,1-3H3,(H,13,14)/t9-,10?/m1/s1. The lowest BCUT2D eigenvalue weighted by atomic mass is 9.84. The molecule has 1 rings (SSSR count). The van der Waals surface area contributed by atoms with Gasteiger partial charge in [-0.15, -0.1) is 0 Å². The Labute approximate surface area is 92.6 Å². The summed E-state index contributed by atoms with van der Waals surface area (Å²) in [5, 5.41) is 3.04. The van der Waals surface area contributed by atoms with Gasteiger partial charge in [0.15, 0.2) is 0 Å². The van der Waals surface area contributed by atoms with Gasteiger partial charge in [-0.1, -0.05) is 19.3 Å². The number of amides is 1. The Morgan fingerprint density at radius 1 is 1.27 bits per heavy atom. The molecule has 1 saturated carbocycles. The van der Waals surface area contributed by atoms with Crippen LogP contribution < -0.4 is 5.32 Å². The first-order chi connectivity index (χ1) is 7.15. The highest BCUT2D eigenvalue weighted by Crippen LogP contribution is 2.26. The van der Waals surface area contributed by atoms with E-state index in [1.165, 1.54) is 32.1 Å². The van der Waals surface area contributed by atoms with E-state index >= 15 is 0 Å². The third-order valence-corrected chi connectivity index (χ3v) is 3.45. The summed E-state index contributed by atoms with van der Waals surface area (Å²) in [5.74, 6) is 0.669. The monoisotopic (exact) mass is 213 g/mol. The molecule has 0 aromatic rings. The predicted molar refractivity (Wildman–Crippen MR) is 60.7 cm³/mol. The molecule has 0 aliphatic heterocycles. The minimum atomic E-state index is -0.337. The van der Waals surface area contributed by atoms with Gasteiger partial charge in [0.25, 0.3) is 0 Å². The molecule has 0 radical (unpaired) electrons. The molecule has 0 aromatic carbocycles. The minimum absolute atomic E-state index is 0.00979. The van der Waals surface area contributed by atoms with E-state index in [0.717, 1.165) is 0 Å². The fourth-order valence-electron chi connectivity index (χ4n) is 2.20. The van der Waals surface area contributed by atoms with Gasteiger partial charge in [0.05, 0.1) is 0 Å². The number of ether oxygens (including phenoxy) is 1. The lowest BCUT2D eigenvalue weighted by molar-refractivity contribution is -0.131. The van der Waals surface area contributed by atoms with E-state index in [1.54, 1.807) is 14.0 Å². The molecule has 0 aromatic heterocycles. The fourth-order valence-corrected chi connectivity index (χ4v) is 2.20. The summed E-state index contributed by atoms with van der Waals surface area (Å²) in [6, 6.07) is 0.287. The summed E-state index contributed by atoms with van der Waals surface area (Å²) in [7, 11) is 1.57. The maximum absolute atomic E-state index is 11.6. The molecule has 1 unspecified atom stereocenters. The maximum Gasteiger partial charge on any atom is 0.249 e. The van der Waals surface area contributed by atoms with Crippen molar-refractivity contribution in [2.75, 3.05) is 7.11 Å². The highest BCUT2D eigenvalue weighted by Gasteiger charge is 2.22. The molecular weight excluding hydrogens is 190 g/mol. The second-order valence-electron chi connectivity index (χ2n) is 4.57. The van der Waals surface area contributed by atoms with Crippen LogP contribution in [0.2, 0.25) is 0 Å². The first-order valence-corrected chi connectivity index (χ1v) is 5.98. The van der Waals surface area contributed by atoms with E-state index in [-0.39, 0.29) is 18.1 Å². The average Bonchev–Trinajstić information content (AvgIpc) is 2.29. The van der Waals surface area contributed by atoms with Crippen LogP contribution in [0.25, 0.3) is 0 Å². The third-order valence-electron chi connectivity index (χ3n) is 3.45. The van der Waals surface area contributed by atoms with Gasteiger partial charge in [-0.2, -0.15) is 0 Å². The number of nitrogens with one attached hydrogen (secondary N) is 1. The number of rotatable bonds is 4. The van der Waals surface area contributed by atoms with Crippen molar-refractivity contribution in [2.45, 2.75) is 58.1 Å². The molecule has 3 nitrogen and oxygen atoms in total. The van der Waals surface area contributed by atoms with E-state index in [9.17, 15) is 4.79 Å². The summed E-state index contributed by atoms with van der Waals surface area (Å²) in [6.45, 7) is 3.89. The zero-order valence-corrected chi connectivity index (χ0v) is 10.1. The van der Waals surface area contributed by atoms with E-state index in [4.69, 9.17) is 4.74 Å². The van der Waals surface area contributed by atoms with Crippen molar-refractivity contribution < 1.29 is 9.53 Å². The van der Waals surface area contributed by atoms with Gasteiger partial charge in [-0.05, 0) is 32.6 Å². The Hall–Kier alpha value is -0.570. The summed E-state index contributed by atoms with van der Waals surface area (Å²) in [4.78, 5) is 11.6. The Morgan fingerprint density at radius 2 is 1.87 bits per heavy atom. The summed E-state index contributed by atoms with van der Waals surface area (Å²) in [6.07, 6.45) is 6.14. The van der Waals surface area contributed by atoms with Crippen molar-refractivity contribution in [1.29, 1.82) is 0 Å². The quantitative estimate of drug-likeness (QED) is 0.776. The molecule has 1 N–H and O–H groups in total. The Kier molecular flexibility index (Phi) is 5.09. The zero-order valence-electron chi connectivity index (χ0n) is 10.1. The molecule has 0 bridgehead atoms. The largest absolute Gasteiger partial charge is 0.372 e. The molecule has 3 heteroatoms. The van der Waals surface area contributed by atoms with Crippen LogP contribution in [0.15, 0.2) is 0 Å². The molecule has 0 spiro atoms. The van der Waals surface area contributed by atoms with Crippen molar-refractivity contribution >= 4 is 5.91 Å². The van der Waals surface area contributed by atoms with Crippen molar-refractivity contribution in [1.82, 2.24) is 5.32 Å². The summed E-state index contributed by atoms with van der Waals surface area (Å²) >= 11 is 0. The molecule has 2 atom stereocenters. The normalized spacial score (nSPS) is 22.1. The van der Waals surface area contributed by atoms with Gasteiger partial charge in [-0.25, -0.2) is 0 Å². The van der Waals surface area contributed by atoms with Crippen molar-refractivity contribution in [3.63, 3.8) is 0 Å². The molecule has 1 aliphatic carbocycles. The second-order valence-corrected chi connectivity index (χ2v) is 4.57. The summed E-state index contributed by atoms with van der Waals surface area (Å²) in [5.41, 5.74) is 0. The number of carbonyl (C=O) groups is 1. The van der Waals surface area contributed by atoms with Crippen molar-refractivity contribution in [3.8, 4) is 0 Å². The van der Waals surface area contributed by atoms with Crippen LogP contribution in [0.5, 0.6) is 0 Å². The van der Waals surface area contributed by atoms with Crippen LogP contribution in [0.3, 0.4) is 0 Å². The van der Waals surface area contributed by atoms with Crippen LogP contribution in [-0.4, -0.2) is 25.2 Å². The van der Waals surface area contributed by atoms with Crippen LogP contribution in [0.4, 0.5) is 0 Å². The van der Waals surface area contributed by atoms with E-state index < -0.39 is 0 Å². The third kappa shape index (κ3) is 3.82. The highest BCUT2D eigenvalue weighted by atomic mass is 16.5. The number of hydrogen-bond donors (Lipinski definition) is 1. The lowest BCUT2D eigenvalue weighted by Crippen LogP contribution is -2.43. The summed E-state index contributed by atoms with van der Waals surface area (Å²) < 4.78 is 4.99. The van der Waals surface area contributed by atoms with Gasteiger partial charge >= 0.3 is 0 Å². The minimum Gasteiger partial charge on any atom is -0.372 e. The first kappa shape index (κ1) is 12.5. The van der Waals surface area contributed by atoms with Crippen LogP contribution in [0, 0.1) is 5.92 Å². The maximum atomic E-state index is 11.6. The molecule has 15 heavy (non-hydrogen) atoms. The molecule has 1 amide bonds. The first-order valence-electron chi connectivity index (χ1n) is 5.98. The smallest absolute Gasteiger partial charge is 0.249 e. The van der Waals surface area contributed by atoms with Crippen LogP contribution >= 0.6 is 0 Å². The lowest BCUT2D eigenvalue weighted by Gasteiger charge is -2.28. The van der Waals surface area contributed by atoms with Gasteiger partial charge in [0.2, 0.25) is 5.91 Å². The highest BCUT2D eigenvalue weighted by molar-refractivity contribution is 5.80. The number of hydrogen-bond acceptors (Lipinski definition) is 2.